The Bertz CT molecular complexity index is 754. The first-order valence-corrected chi connectivity index (χ1v) is 11.6. The number of para-hydroxylation sites is 1. The largest absolute Gasteiger partial charge is 0.379 e. The molecule has 0 saturated carbocycles. The molecule has 3 rings (SSSR count). The Morgan fingerprint density at radius 1 is 1.25 bits per heavy atom. The van der Waals surface area contributed by atoms with E-state index in [4.69, 9.17) is 4.74 Å². The molecular weight excluding hydrogens is 411 g/mol. The Morgan fingerprint density at radius 2 is 2.03 bits per heavy atom. The van der Waals surface area contributed by atoms with Gasteiger partial charge in [0.1, 0.15) is 12.4 Å². The van der Waals surface area contributed by atoms with Crippen LogP contribution in [0.1, 0.15) is 19.3 Å². The van der Waals surface area contributed by atoms with E-state index >= 15 is 0 Å². The third-order valence-corrected chi connectivity index (χ3v) is 5.87. The first-order chi connectivity index (χ1) is 15.5. The predicted molar refractivity (Wildman–Crippen MR) is 126 cm³/mol. The quantitative estimate of drug-likeness (QED) is 0.353. The van der Waals surface area contributed by atoms with Crippen LogP contribution >= 0.6 is 0 Å². The Morgan fingerprint density at radius 3 is 2.78 bits per heavy atom. The molecule has 32 heavy (non-hydrogen) atoms. The van der Waals surface area contributed by atoms with Gasteiger partial charge >= 0.3 is 0 Å². The van der Waals surface area contributed by atoms with Crippen LogP contribution in [0.5, 0.6) is 0 Å². The van der Waals surface area contributed by atoms with Gasteiger partial charge < -0.3 is 25.2 Å². The number of rotatable bonds is 8. The summed E-state index contributed by atoms with van der Waals surface area (Å²) in [5.74, 6) is 0.401. The lowest BCUT2D eigenvalue weighted by Gasteiger charge is -2.35. The van der Waals surface area contributed by atoms with E-state index in [1.54, 1.807) is 25.1 Å². The standard InChI is InChI=1S/C23H37FN6O2/c1-28(2)22(31)17-26-23(25-10-6-11-29-13-15-32-16-14-29)27-19-7-5-12-30(18-19)21-9-4-3-8-20(21)24/h3-4,8-9,19H,5-7,10-18H2,1-2H3,(H2,25,26,27). The van der Waals surface area contributed by atoms with Gasteiger partial charge in [-0.3, -0.25) is 9.69 Å². The maximum absolute atomic E-state index is 14.3. The van der Waals surface area contributed by atoms with E-state index in [1.807, 2.05) is 12.1 Å². The summed E-state index contributed by atoms with van der Waals surface area (Å²) in [6, 6.07) is 7.04. The number of halogens is 1. The lowest BCUT2D eigenvalue weighted by molar-refractivity contribution is -0.127. The third-order valence-electron chi connectivity index (χ3n) is 5.87. The lowest BCUT2D eigenvalue weighted by atomic mass is 10.0. The number of aliphatic imine (C=N–C) groups is 1. The first kappa shape index (κ1) is 24.3. The van der Waals surface area contributed by atoms with E-state index < -0.39 is 0 Å². The molecule has 8 nitrogen and oxygen atoms in total. The molecule has 0 radical (unpaired) electrons. The summed E-state index contributed by atoms with van der Waals surface area (Å²) in [5.41, 5.74) is 0.638. The zero-order valence-corrected chi connectivity index (χ0v) is 19.4. The maximum Gasteiger partial charge on any atom is 0.243 e. The fourth-order valence-electron chi connectivity index (χ4n) is 3.99. The highest BCUT2D eigenvalue weighted by molar-refractivity contribution is 5.85. The zero-order chi connectivity index (χ0) is 22.8. The molecule has 1 unspecified atom stereocenters. The second-order valence-electron chi connectivity index (χ2n) is 8.57. The van der Waals surface area contributed by atoms with E-state index in [0.717, 1.165) is 65.2 Å². The van der Waals surface area contributed by atoms with Gasteiger partial charge in [-0.05, 0) is 37.9 Å². The van der Waals surface area contributed by atoms with Gasteiger partial charge in [-0.1, -0.05) is 12.1 Å². The predicted octanol–water partition coefficient (Wildman–Crippen LogP) is 1.14. The number of nitrogens with one attached hydrogen (secondary N) is 2. The number of likely N-dealkylation sites (N-methyl/N-ethyl adjacent to an activating group) is 1. The number of benzene rings is 1. The number of morpholine rings is 1. The summed E-state index contributed by atoms with van der Waals surface area (Å²) in [6.45, 7) is 6.94. The minimum atomic E-state index is -0.195. The highest BCUT2D eigenvalue weighted by Gasteiger charge is 2.23. The molecule has 1 aromatic carbocycles. The Balaban J connectivity index is 1.55. The summed E-state index contributed by atoms with van der Waals surface area (Å²) < 4.78 is 19.7. The summed E-state index contributed by atoms with van der Waals surface area (Å²) in [7, 11) is 3.46. The van der Waals surface area contributed by atoms with Crippen molar-refractivity contribution in [2.24, 2.45) is 4.99 Å². The number of guanidine groups is 1. The number of ether oxygens (including phenoxy) is 1. The second-order valence-corrected chi connectivity index (χ2v) is 8.57. The van der Waals surface area contributed by atoms with Crippen molar-refractivity contribution >= 4 is 17.6 Å². The summed E-state index contributed by atoms with van der Waals surface area (Å²) >= 11 is 0. The van der Waals surface area contributed by atoms with Crippen molar-refractivity contribution in [2.75, 3.05) is 78.0 Å². The van der Waals surface area contributed by atoms with Crippen LogP contribution in [0, 0.1) is 5.82 Å². The number of anilines is 1. The van der Waals surface area contributed by atoms with Gasteiger partial charge in [0.2, 0.25) is 5.91 Å². The molecule has 1 aromatic rings. The van der Waals surface area contributed by atoms with Crippen molar-refractivity contribution in [2.45, 2.75) is 25.3 Å². The number of carbonyl (C=O) groups is 1. The normalized spacial score (nSPS) is 20.2. The molecule has 2 aliphatic rings. The summed E-state index contributed by atoms with van der Waals surface area (Å²) in [5, 5.41) is 6.86. The molecule has 0 aromatic heterocycles. The number of hydrogen-bond donors (Lipinski definition) is 2. The molecule has 1 amide bonds. The molecule has 2 fully saturated rings. The highest BCUT2D eigenvalue weighted by atomic mass is 19.1. The van der Waals surface area contributed by atoms with Gasteiger partial charge in [0.15, 0.2) is 5.96 Å². The average Bonchev–Trinajstić information content (AvgIpc) is 2.81. The van der Waals surface area contributed by atoms with Crippen LogP contribution < -0.4 is 15.5 Å². The van der Waals surface area contributed by atoms with Crippen molar-refractivity contribution in [3.63, 3.8) is 0 Å². The van der Waals surface area contributed by atoms with Crippen LogP contribution in [-0.4, -0.2) is 101 Å². The van der Waals surface area contributed by atoms with Gasteiger partial charge in [0.25, 0.3) is 0 Å². The SMILES string of the molecule is CN(C)C(=O)CN=C(NCCCN1CCOCC1)NC1CCCN(c2ccccc2F)C1. The number of carbonyl (C=O) groups excluding carboxylic acids is 1. The Labute approximate surface area is 190 Å². The second kappa shape index (κ2) is 12.6. The lowest BCUT2D eigenvalue weighted by Crippen LogP contribution is -2.52. The van der Waals surface area contributed by atoms with Crippen molar-refractivity contribution in [3.8, 4) is 0 Å². The first-order valence-electron chi connectivity index (χ1n) is 11.6. The minimum absolute atomic E-state index is 0.0453. The molecule has 2 aliphatic heterocycles. The van der Waals surface area contributed by atoms with Crippen molar-refractivity contribution in [1.29, 1.82) is 0 Å². The number of nitrogens with zero attached hydrogens (tertiary/aromatic N) is 4. The zero-order valence-electron chi connectivity index (χ0n) is 19.4. The summed E-state index contributed by atoms with van der Waals surface area (Å²) in [4.78, 5) is 22.6. The van der Waals surface area contributed by atoms with Crippen LogP contribution in [0.25, 0.3) is 0 Å². The van der Waals surface area contributed by atoms with Crippen LogP contribution in [-0.2, 0) is 9.53 Å². The summed E-state index contributed by atoms with van der Waals surface area (Å²) in [6.07, 6.45) is 2.92. The molecular formula is C23H37FN6O2. The highest BCUT2D eigenvalue weighted by Crippen LogP contribution is 2.22. The van der Waals surface area contributed by atoms with E-state index in [1.165, 1.54) is 6.07 Å². The monoisotopic (exact) mass is 448 g/mol. The Hall–Kier alpha value is -2.39. The van der Waals surface area contributed by atoms with Crippen molar-refractivity contribution in [3.05, 3.63) is 30.1 Å². The van der Waals surface area contributed by atoms with Crippen molar-refractivity contribution in [1.82, 2.24) is 20.4 Å². The average molecular weight is 449 g/mol. The molecule has 2 heterocycles. The third kappa shape index (κ3) is 7.63. The maximum atomic E-state index is 14.3. The number of hydrogen-bond acceptors (Lipinski definition) is 5. The topological polar surface area (TPSA) is 72.4 Å². The molecule has 178 valence electrons. The van der Waals surface area contributed by atoms with E-state index in [-0.39, 0.29) is 24.3 Å². The number of piperidine rings is 1. The van der Waals surface area contributed by atoms with Gasteiger partial charge in [-0.2, -0.15) is 0 Å². The molecule has 9 heteroatoms. The van der Waals surface area contributed by atoms with Crippen molar-refractivity contribution < 1.29 is 13.9 Å². The molecule has 1 atom stereocenters. The van der Waals surface area contributed by atoms with Gasteiger partial charge in [-0.25, -0.2) is 9.38 Å². The minimum Gasteiger partial charge on any atom is -0.379 e. The molecule has 0 bridgehead atoms. The van der Waals surface area contributed by atoms with Gasteiger partial charge in [0, 0.05) is 52.9 Å². The van der Waals surface area contributed by atoms with Gasteiger partial charge in [0.05, 0.1) is 18.9 Å². The molecule has 0 spiro atoms. The van der Waals surface area contributed by atoms with E-state index in [9.17, 15) is 9.18 Å². The van der Waals surface area contributed by atoms with E-state index in [2.05, 4.69) is 25.4 Å². The molecule has 2 N–H and O–H groups in total. The van der Waals surface area contributed by atoms with Crippen LogP contribution in [0.2, 0.25) is 0 Å². The van der Waals surface area contributed by atoms with E-state index in [0.29, 0.717) is 18.2 Å². The van der Waals surface area contributed by atoms with Gasteiger partial charge in [-0.15, -0.1) is 0 Å². The van der Waals surface area contributed by atoms with Crippen LogP contribution in [0.4, 0.5) is 10.1 Å². The van der Waals surface area contributed by atoms with Crippen LogP contribution in [0.15, 0.2) is 29.3 Å². The fourth-order valence-corrected chi connectivity index (χ4v) is 3.99. The fraction of sp³-hybridized carbons (Fsp3) is 0.652. The smallest absolute Gasteiger partial charge is 0.243 e. The number of amides is 1. The van der Waals surface area contributed by atoms with Crippen LogP contribution in [0.3, 0.4) is 0 Å². The molecule has 2 saturated heterocycles. The molecule has 0 aliphatic carbocycles. The Kier molecular flexibility index (Phi) is 9.55.